The molecule has 0 radical (unpaired) electrons. The van der Waals surface area contributed by atoms with Gasteiger partial charge in [0.2, 0.25) is 5.91 Å². The van der Waals surface area contributed by atoms with Crippen LogP contribution in [0.25, 0.3) is 0 Å². The second-order valence-electron chi connectivity index (χ2n) is 4.45. The average molecular weight is 262 g/mol. The van der Waals surface area contributed by atoms with E-state index < -0.39 is 11.9 Å². The second kappa shape index (κ2) is 6.04. The van der Waals surface area contributed by atoms with E-state index in [9.17, 15) is 9.59 Å². The first-order chi connectivity index (χ1) is 8.81. The van der Waals surface area contributed by atoms with Gasteiger partial charge < -0.3 is 16.2 Å². The van der Waals surface area contributed by atoms with Crippen LogP contribution in [0.5, 0.6) is 0 Å². The number of nitrogens with one attached hydrogen (secondary N) is 1. The van der Waals surface area contributed by atoms with Crippen molar-refractivity contribution < 1.29 is 14.7 Å². The van der Waals surface area contributed by atoms with Gasteiger partial charge in [-0.2, -0.15) is 0 Å². The van der Waals surface area contributed by atoms with E-state index in [1.54, 1.807) is 0 Å². The van der Waals surface area contributed by atoms with Crippen LogP contribution >= 0.6 is 0 Å². The van der Waals surface area contributed by atoms with Crippen LogP contribution < -0.4 is 11.1 Å². The van der Waals surface area contributed by atoms with E-state index in [1.165, 1.54) is 13.0 Å². The molecule has 0 saturated carbocycles. The third-order valence-electron chi connectivity index (χ3n) is 2.74. The average Bonchev–Trinajstić information content (AvgIpc) is 2.30. The third kappa shape index (κ3) is 4.13. The number of allylic oxidation sites excluding steroid dienone is 1. The summed E-state index contributed by atoms with van der Waals surface area (Å²) < 4.78 is 0. The van der Waals surface area contributed by atoms with Gasteiger partial charge in [-0.1, -0.05) is 12.1 Å². The molecule has 0 aliphatic carbocycles. The van der Waals surface area contributed by atoms with E-state index in [1.807, 2.05) is 26.0 Å². The molecule has 0 aliphatic rings. The molecule has 0 unspecified atom stereocenters. The molecular weight excluding hydrogens is 244 g/mol. The lowest BCUT2D eigenvalue weighted by molar-refractivity contribution is -0.134. The van der Waals surface area contributed by atoms with Crippen molar-refractivity contribution in [3.63, 3.8) is 0 Å². The quantitative estimate of drug-likeness (QED) is 0.566. The first-order valence-electron chi connectivity index (χ1n) is 5.88. The van der Waals surface area contributed by atoms with Crippen molar-refractivity contribution >= 4 is 17.6 Å². The Morgan fingerprint density at radius 3 is 2.26 bits per heavy atom. The van der Waals surface area contributed by atoms with Gasteiger partial charge in [-0.05, 0) is 43.0 Å². The summed E-state index contributed by atoms with van der Waals surface area (Å²) in [5.41, 5.74) is 9.35. The number of amides is 1. The summed E-state index contributed by atoms with van der Waals surface area (Å²) in [4.78, 5) is 21.8. The molecule has 0 atom stereocenters. The number of anilines is 1. The van der Waals surface area contributed by atoms with Gasteiger partial charge in [0.25, 0.3) is 0 Å². The molecular formula is C14H18N2O3. The van der Waals surface area contributed by atoms with Crippen molar-refractivity contribution in [2.45, 2.75) is 27.2 Å². The van der Waals surface area contributed by atoms with Crippen LogP contribution in [0.4, 0.5) is 5.69 Å². The second-order valence-corrected chi connectivity index (χ2v) is 4.45. The van der Waals surface area contributed by atoms with Crippen molar-refractivity contribution in [3.8, 4) is 0 Å². The molecule has 0 spiro atoms. The van der Waals surface area contributed by atoms with Gasteiger partial charge in [0, 0.05) is 12.6 Å². The highest BCUT2D eigenvalue weighted by Crippen LogP contribution is 2.19. The molecule has 102 valence electrons. The summed E-state index contributed by atoms with van der Waals surface area (Å²) >= 11 is 0. The highest BCUT2D eigenvalue weighted by atomic mass is 16.4. The Bertz CT molecular complexity index is 525. The Morgan fingerprint density at radius 1 is 1.32 bits per heavy atom. The summed E-state index contributed by atoms with van der Waals surface area (Å²) in [5, 5.41) is 11.2. The molecule has 5 nitrogen and oxygen atoms in total. The van der Waals surface area contributed by atoms with Crippen LogP contribution in [0.1, 0.15) is 23.6 Å². The van der Waals surface area contributed by atoms with Crippen LogP contribution in [-0.2, 0) is 16.0 Å². The van der Waals surface area contributed by atoms with Gasteiger partial charge in [-0.15, -0.1) is 0 Å². The Balaban J connectivity index is 2.95. The minimum atomic E-state index is -1.15. The maximum atomic E-state index is 10.9. The number of benzene rings is 1. The Labute approximate surface area is 112 Å². The SMILES string of the molecule is CC(=O)N/C(=C/Cc1cc(C)c(N)c(C)c1)C(=O)O. The number of nitrogen functional groups attached to an aromatic ring is 1. The van der Waals surface area contributed by atoms with Crippen molar-refractivity contribution in [1.29, 1.82) is 0 Å². The molecule has 0 bridgehead atoms. The zero-order valence-electron chi connectivity index (χ0n) is 11.3. The van der Waals surface area contributed by atoms with Crippen molar-refractivity contribution in [2.24, 2.45) is 0 Å². The lowest BCUT2D eigenvalue weighted by atomic mass is 10.0. The smallest absolute Gasteiger partial charge is 0.352 e. The standard InChI is InChI=1S/C14H18N2O3/c1-8-6-11(7-9(2)13(8)15)4-5-12(14(18)19)16-10(3)17/h5-7H,4,15H2,1-3H3,(H,16,17)(H,18,19)/b12-5+. The number of carboxylic acid groups (broad SMARTS) is 1. The number of nitrogens with two attached hydrogens (primary N) is 1. The van der Waals surface area contributed by atoms with Gasteiger partial charge in [-0.3, -0.25) is 4.79 Å². The van der Waals surface area contributed by atoms with Gasteiger partial charge >= 0.3 is 5.97 Å². The van der Waals surface area contributed by atoms with Crippen LogP contribution in [0, 0.1) is 13.8 Å². The first-order valence-corrected chi connectivity index (χ1v) is 5.88. The van der Waals surface area contributed by atoms with Crippen molar-refractivity contribution in [2.75, 3.05) is 5.73 Å². The fourth-order valence-corrected chi connectivity index (χ4v) is 1.78. The molecule has 0 heterocycles. The van der Waals surface area contributed by atoms with E-state index >= 15 is 0 Å². The maximum Gasteiger partial charge on any atom is 0.352 e. The fraction of sp³-hybridized carbons (Fsp3) is 0.286. The summed E-state index contributed by atoms with van der Waals surface area (Å²) in [6.45, 7) is 5.08. The van der Waals surface area contributed by atoms with Crippen LogP contribution in [-0.4, -0.2) is 17.0 Å². The number of aliphatic carboxylic acids is 1. The van der Waals surface area contributed by atoms with Gasteiger partial charge in [-0.25, -0.2) is 4.79 Å². The Kier molecular flexibility index (Phi) is 4.69. The molecule has 0 saturated heterocycles. The maximum absolute atomic E-state index is 10.9. The van der Waals surface area contributed by atoms with Gasteiger partial charge in [0.1, 0.15) is 5.70 Å². The molecule has 0 fully saturated rings. The predicted octanol–water partition coefficient (Wildman–Crippen LogP) is 1.53. The summed E-state index contributed by atoms with van der Waals surface area (Å²) in [6, 6.07) is 3.82. The molecule has 0 aromatic heterocycles. The van der Waals surface area contributed by atoms with E-state index in [0.717, 1.165) is 22.4 Å². The first kappa shape index (κ1) is 14.8. The monoisotopic (exact) mass is 262 g/mol. The van der Waals surface area contributed by atoms with E-state index in [-0.39, 0.29) is 5.70 Å². The number of carboxylic acids is 1. The topological polar surface area (TPSA) is 92.4 Å². The molecule has 1 aromatic carbocycles. The highest BCUT2D eigenvalue weighted by molar-refractivity contribution is 5.91. The normalized spacial score (nSPS) is 11.2. The zero-order chi connectivity index (χ0) is 14.6. The van der Waals surface area contributed by atoms with E-state index in [4.69, 9.17) is 10.8 Å². The largest absolute Gasteiger partial charge is 0.477 e. The number of hydrogen-bond acceptors (Lipinski definition) is 3. The van der Waals surface area contributed by atoms with Crippen molar-refractivity contribution in [3.05, 3.63) is 40.6 Å². The minimum Gasteiger partial charge on any atom is -0.477 e. The number of aryl methyl sites for hydroxylation is 2. The van der Waals surface area contributed by atoms with Crippen LogP contribution in [0.3, 0.4) is 0 Å². The molecule has 1 amide bonds. The number of hydrogen-bond donors (Lipinski definition) is 3. The number of carbonyl (C=O) groups excluding carboxylic acids is 1. The molecule has 19 heavy (non-hydrogen) atoms. The lowest BCUT2D eigenvalue weighted by Gasteiger charge is -2.08. The Morgan fingerprint density at radius 2 is 1.84 bits per heavy atom. The Hall–Kier alpha value is -2.30. The number of carbonyl (C=O) groups is 2. The van der Waals surface area contributed by atoms with Crippen LogP contribution in [0.15, 0.2) is 23.9 Å². The molecule has 4 N–H and O–H groups in total. The van der Waals surface area contributed by atoms with Gasteiger partial charge in [0.15, 0.2) is 0 Å². The third-order valence-corrected chi connectivity index (χ3v) is 2.74. The highest BCUT2D eigenvalue weighted by Gasteiger charge is 2.08. The van der Waals surface area contributed by atoms with Crippen LogP contribution in [0.2, 0.25) is 0 Å². The molecule has 5 heteroatoms. The predicted molar refractivity (Wildman–Crippen MR) is 73.6 cm³/mol. The number of rotatable bonds is 4. The van der Waals surface area contributed by atoms with Crippen molar-refractivity contribution in [1.82, 2.24) is 5.32 Å². The molecule has 0 aliphatic heterocycles. The summed E-state index contributed by atoms with van der Waals surface area (Å²) in [7, 11) is 0. The van der Waals surface area contributed by atoms with Gasteiger partial charge in [0.05, 0.1) is 0 Å². The summed E-state index contributed by atoms with van der Waals surface area (Å²) in [5.74, 6) is -1.56. The van der Waals surface area contributed by atoms with E-state index in [0.29, 0.717) is 6.42 Å². The minimum absolute atomic E-state index is 0.111. The lowest BCUT2D eigenvalue weighted by Crippen LogP contribution is -2.24. The summed E-state index contributed by atoms with van der Waals surface area (Å²) in [6.07, 6.45) is 1.90. The molecule has 1 rings (SSSR count). The van der Waals surface area contributed by atoms with E-state index in [2.05, 4.69) is 5.32 Å². The molecule has 1 aromatic rings. The fourth-order valence-electron chi connectivity index (χ4n) is 1.78. The zero-order valence-corrected chi connectivity index (χ0v) is 11.3.